The third-order valence-electron chi connectivity index (χ3n) is 5.99. The normalized spacial score (nSPS) is 22.8. The number of pyridine rings is 1. The lowest BCUT2D eigenvalue weighted by Crippen LogP contribution is -2.18. The molecule has 0 unspecified atom stereocenters. The molecule has 0 spiro atoms. The van der Waals surface area contributed by atoms with Gasteiger partial charge in [0.05, 0.1) is 28.4 Å². The number of rotatable bonds is 3. The van der Waals surface area contributed by atoms with Crippen LogP contribution in [-0.2, 0) is 16.6 Å². The number of anilines is 2. The third kappa shape index (κ3) is 2.74. The summed E-state index contributed by atoms with van der Waals surface area (Å²) in [7, 11) is -1.89. The Hall–Kier alpha value is -3.16. The van der Waals surface area contributed by atoms with Gasteiger partial charge in [0, 0.05) is 25.5 Å². The van der Waals surface area contributed by atoms with Crippen LogP contribution in [0.4, 0.5) is 11.5 Å². The lowest BCUT2D eigenvalue weighted by atomic mass is 10.1. The van der Waals surface area contributed by atoms with E-state index < -0.39 is 10.0 Å². The second-order valence-corrected chi connectivity index (χ2v) is 9.82. The number of benzene rings is 1. The highest BCUT2D eigenvalue weighted by Gasteiger charge is 2.33. The fourth-order valence-corrected chi connectivity index (χ4v) is 5.83. The number of aromatic amines is 1. The third-order valence-corrected chi connectivity index (χ3v) is 7.90. The molecule has 0 bridgehead atoms. The zero-order valence-corrected chi connectivity index (χ0v) is 17.1. The molecular weight excluding hydrogens is 404 g/mol. The van der Waals surface area contributed by atoms with Gasteiger partial charge in [-0.2, -0.15) is 14.7 Å². The highest BCUT2D eigenvalue weighted by molar-refractivity contribution is 7.89. The van der Waals surface area contributed by atoms with Crippen molar-refractivity contribution in [1.29, 1.82) is 5.26 Å². The monoisotopic (exact) mass is 424 g/mol. The number of hydrogen-bond acceptors (Lipinski definition) is 6. The van der Waals surface area contributed by atoms with Crippen LogP contribution in [0, 0.1) is 17.2 Å². The van der Waals surface area contributed by atoms with Crippen LogP contribution < -0.4 is 10.9 Å². The van der Waals surface area contributed by atoms with E-state index in [1.165, 1.54) is 4.31 Å². The number of nitrogens with one attached hydrogen (secondary N) is 2. The standard InChI is InChI=1S/C20H20N6O3S/c1-25-11-13-9-14(5-6-17(13)30(25,28)29)23-19-18-16(7-8-22-20(18)27)26(24-19)15-4-2-3-12(15)10-21/h5-9,12,15H,2-4,11H2,1H3,(H,22,27)(H,23,24)/t12-,15+/m1/s1. The van der Waals surface area contributed by atoms with Crippen LogP contribution in [0.1, 0.15) is 30.9 Å². The molecule has 2 atom stereocenters. The lowest BCUT2D eigenvalue weighted by molar-refractivity contribution is 0.423. The Morgan fingerprint density at radius 2 is 2.13 bits per heavy atom. The van der Waals surface area contributed by atoms with Crippen molar-refractivity contribution in [3.8, 4) is 6.07 Å². The minimum absolute atomic E-state index is 0.0753. The number of sulfonamides is 1. The molecule has 0 amide bonds. The molecule has 154 valence electrons. The van der Waals surface area contributed by atoms with Gasteiger partial charge < -0.3 is 10.3 Å². The van der Waals surface area contributed by atoms with E-state index in [9.17, 15) is 18.5 Å². The maximum absolute atomic E-state index is 12.6. The molecule has 9 nitrogen and oxygen atoms in total. The minimum atomic E-state index is -3.43. The first-order valence-corrected chi connectivity index (χ1v) is 11.2. The molecule has 2 N–H and O–H groups in total. The van der Waals surface area contributed by atoms with Gasteiger partial charge in [0.25, 0.3) is 5.56 Å². The van der Waals surface area contributed by atoms with E-state index in [0.717, 1.165) is 19.3 Å². The van der Waals surface area contributed by atoms with Crippen molar-refractivity contribution in [2.75, 3.05) is 12.4 Å². The number of H-pyrrole nitrogens is 1. The van der Waals surface area contributed by atoms with Gasteiger partial charge in [0.2, 0.25) is 10.0 Å². The van der Waals surface area contributed by atoms with Crippen molar-refractivity contribution < 1.29 is 8.42 Å². The summed E-state index contributed by atoms with van der Waals surface area (Å²) >= 11 is 0. The van der Waals surface area contributed by atoms with Gasteiger partial charge in [-0.05, 0) is 49.1 Å². The molecule has 1 aromatic carbocycles. The summed E-state index contributed by atoms with van der Waals surface area (Å²) in [6.07, 6.45) is 4.19. The van der Waals surface area contributed by atoms with Crippen molar-refractivity contribution in [2.24, 2.45) is 5.92 Å². The second-order valence-electron chi connectivity index (χ2n) is 7.80. The Bertz CT molecular complexity index is 1370. The lowest BCUT2D eigenvalue weighted by Gasteiger charge is -2.15. The summed E-state index contributed by atoms with van der Waals surface area (Å²) in [5.74, 6) is 0.255. The van der Waals surface area contributed by atoms with Gasteiger partial charge in [-0.25, -0.2) is 8.42 Å². The molecule has 1 aliphatic heterocycles. The Morgan fingerprint density at radius 3 is 2.93 bits per heavy atom. The number of hydrogen-bond donors (Lipinski definition) is 2. The van der Waals surface area contributed by atoms with Crippen LogP contribution in [0.5, 0.6) is 0 Å². The van der Waals surface area contributed by atoms with E-state index >= 15 is 0 Å². The summed E-state index contributed by atoms with van der Waals surface area (Å²) in [5, 5.41) is 17.8. The number of aromatic nitrogens is 3. The van der Waals surface area contributed by atoms with Crippen molar-refractivity contribution >= 4 is 32.4 Å². The SMILES string of the molecule is CN1Cc2cc(Nc3nn([C@H]4CCC[C@@H]4C#N)c4cc[nH]c(=O)c34)ccc2S1(=O)=O. The molecule has 1 saturated carbocycles. The Kier molecular flexibility index (Phi) is 4.20. The Labute approximate surface area is 173 Å². The molecule has 30 heavy (non-hydrogen) atoms. The van der Waals surface area contributed by atoms with E-state index in [4.69, 9.17) is 0 Å². The van der Waals surface area contributed by atoms with Crippen LogP contribution >= 0.6 is 0 Å². The molecule has 3 aromatic rings. The molecule has 1 aliphatic carbocycles. The topological polar surface area (TPSA) is 124 Å². The predicted molar refractivity (Wildman–Crippen MR) is 111 cm³/mol. The van der Waals surface area contributed by atoms with E-state index in [1.54, 1.807) is 42.2 Å². The van der Waals surface area contributed by atoms with Crippen molar-refractivity contribution in [3.63, 3.8) is 0 Å². The summed E-state index contributed by atoms with van der Waals surface area (Å²) in [6.45, 7) is 0.300. The van der Waals surface area contributed by atoms with Crippen LogP contribution in [-0.4, -0.2) is 34.5 Å². The van der Waals surface area contributed by atoms with Gasteiger partial charge in [0.15, 0.2) is 5.82 Å². The van der Waals surface area contributed by atoms with Gasteiger partial charge >= 0.3 is 0 Å². The molecule has 0 saturated heterocycles. The minimum Gasteiger partial charge on any atom is -0.338 e. The largest absolute Gasteiger partial charge is 0.338 e. The predicted octanol–water partition coefficient (Wildman–Crippen LogP) is 2.47. The fourth-order valence-electron chi connectivity index (χ4n) is 4.49. The number of nitrogens with zero attached hydrogens (tertiary/aromatic N) is 4. The zero-order chi connectivity index (χ0) is 21.0. The second kappa shape index (κ2) is 6.68. The summed E-state index contributed by atoms with van der Waals surface area (Å²) in [4.78, 5) is 15.6. The first-order chi connectivity index (χ1) is 14.4. The van der Waals surface area contributed by atoms with Crippen LogP contribution in [0.15, 0.2) is 40.2 Å². The summed E-state index contributed by atoms with van der Waals surface area (Å²) in [5.41, 5.74) is 1.76. The molecule has 10 heteroatoms. The fraction of sp³-hybridized carbons (Fsp3) is 0.350. The van der Waals surface area contributed by atoms with Crippen LogP contribution in [0.2, 0.25) is 0 Å². The molecule has 0 radical (unpaired) electrons. The van der Waals surface area contributed by atoms with E-state index in [0.29, 0.717) is 39.4 Å². The first kappa shape index (κ1) is 18.8. The average molecular weight is 424 g/mol. The number of fused-ring (bicyclic) bond motifs is 2. The highest BCUT2D eigenvalue weighted by Crippen LogP contribution is 2.38. The zero-order valence-electron chi connectivity index (χ0n) is 16.3. The summed E-state index contributed by atoms with van der Waals surface area (Å²) < 4.78 is 27.7. The molecule has 1 fully saturated rings. The van der Waals surface area contributed by atoms with Crippen LogP contribution in [0.3, 0.4) is 0 Å². The quantitative estimate of drug-likeness (QED) is 0.666. The van der Waals surface area contributed by atoms with Crippen molar-refractivity contribution in [2.45, 2.75) is 36.7 Å². The Morgan fingerprint density at radius 1 is 1.30 bits per heavy atom. The molecular formula is C20H20N6O3S. The smallest absolute Gasteiger partial charge is 0.261 e. The maximum atomic E-state index is 12.6. The highest BCUT2D eigenvalue weighted by atomic mass is 32.2. The van der Waals surface area contributed by atoms with Crippen LogP contribution in [0.25, 0.3) is 10.9 Å². The summed E-state index contributed by atoms with van der Waals surface area (Å²) in [6, 6.07) is 9.10. The molecule has 3 heterocycles. The number of nitriles is 1. The molecule has 5 rings (SSSR count). The van der Waals surface area contributed by atoms with E-state index in [2.05, 4.69) is 21.5 Å². The molecule has 2 aromatic heterocycles. The average Bonchev–Trinajstić information content (AvgIpc) is 3.38. The van der Waals surface area contributed by atoms with Gasteiger partial charge in [-0.1, -0.05) is 0 Å². The van der Waals surface area contributed by atoms with Gasteiger partial charge in [-0.15, -0.1) is 0 Å². The van der Waals surface area contributed by atoms with Crippen molar-refractivity contribution in [1.82, 2.24) is 19.1 Å². The van der Waals surface area contributed by atoms with Gasteiger partial charge in [-0.3, -0.25) is 9.48 Å². The molecule has 2 aliphatic rings. The van der Waals surface area contributed by atoms with Gasteiger partial charge in [0.1, 0.15) is 5.39 Å². The maximum Gasteiger partial charge on any atom is 0.261 e. The van der Waals surface area contributed by atoms with Crippen molar-refractivity contribution in [3.05, 3.63) is 46.4 Å². The Balaban J connectivity index is 1.59. The van der Waals surface area contributed by atoms with E-state index in [1.807, 2.05) is 0 Å². The first-order valence-electron chi connectivity index (χ1n) is 9.76. The van der Waals surface area contributed by atoms with E-state index in [-0.39, 0.29) is 17.5 Å².